The quantitative estimate of drug-likeness (QED) is 0.832. The van der Waals surface area contributed by atoms with E-state index in [1.807, 2.05) is 18.2 Å². The molecule has 0 bridgehead atoms. The Morgan fingerprint density at radius 2 is 2.00 bits per heavy atom. The number of carbonyl (C=O) groups excluding carboxylic acids is 1. The zero-order valence-electron chi connectivity index (χ0n) is 12.9. The SMILES string of the molecule is CC(N)C1CCN(CC(=O)NCCc2ccccc2)CC1. The Hall–Kier alpha value is -1.39. The van der Waals surface area contributed by atoms with Gasteiger partial charge in [0.2, 0.25) is 5.91 Å². The van der Waals surface area contributed by atoms with Gasteiger partial charge in [-0.25, -0.2) is 0 Å². The number of amides is 1. The average Bonchev–Trinajstić information content (AvgIpc) is 2.49. The standard InChI is InChI=1S/C17H27N3O/c1-14(18)16-8-11-20(12-9-16)13-17(21)19-10-7-15-5-3-2-4-6-15/h2-6,14,16H,7-13,18H2,1H3,(H,19,21). The summed E-state index contributed by atoms with van der Waals surface area (Å²) in [5, 5.41) is 3.01. The minimum atomic E-state index is 0.130. The van der Waals surface area contributed by atoms with Gasteiger partial charge in [0.05, 0.1) is 6.54 Å². The van der Waals surface area contributed by atoms with Crippen molar-refractivity contribution in [2.45, 2.75) is 32.2 Å². The number of nitrogens with one attached hydrogen (secondary N) is 1. The molecular formula is C17H27N3O. The third-order valence-electron chi connectivity index (χ3n) is 4.32. The first-order valence-corrected chi connectivity index (χ1v) is 7.93. The van der Waals surface area contributed by atoms with Crippen LogP contribution in [0.25, 0.3) is 0 Å². The minimum Gasteiger partial charge on any atom is -0.355 e. The molecule has 2 rings (SSSR count). The molecule has 1 aliphatic heterocycles. The lowest BCUT2D eigenvalue weighted by Crippen LogP contribution is -2.44. The fourth-order valence-electron chi connectivity index (χ4n) is 2.89. The van der Waals surface area contributed by atoms with Crippen molar-refractivity contribution in [3.63, 3.8) is 0 Å². The van der Waals surface area contributed by atoms with E-state index >= 15 is 0 Å². The molecule has 1 aromatic carbocycles. The van der Waals surface area contributed by atoms with Gasteiger partial charge in [0, 0.05) is 12.6 Å². The molecule has 4 heteroatoms. The van der Waals surface area contributed by atoms with Gasteiger partial charge in [0.25, 0.3) is 0 Å². The minimum absolute atomic E-state index is 0.130. The highest BCUT2D eigenvalue weighted by Crippen LogP contribution is 2.18. The summed E-state index contributed by atoms with van der Waals surface area (Å²) in [6.45, 7) is 5.27. The van der Waals surface area contributed by atoms with E-state index in [-0.39, 0.29) is 11.9 Å². The van der Waals surface area contributed by atoms with Gasteiger partial charge >= 0.3 is 0 Å². The van der Waals surface area contributed by atoms with Crippen LogP contribution in [0, 0.1) is 5.92 Å². The first-order valence-electron chi connectivity index (χ1n) is 7.93. The zero-order chi connectivity index (χ0) is 15.1. The molecule has 1 aromatic rings. The summed E-state index contributed by atoms with van der Waals surface area (Å²) in [7, 11) is 0. The van der Waals surface area contributed by atoms with Crippen LogP contribution in [0.4, 0.5) is 0 Å². The number of benzene rings is 1. The number of piperidine rings is 1. The topological polar surface area (TPSA) is 58.4 Å². The number of hydrogen-bond donors (Lipinski definition) is 2. The van der Waals surface area contributed by atoms with Crippen molar-refractivity contribution >= 4 is 5.91 Å². The summed E-state index contributed by atoms with van der Waals surface area (Å²) in [4.78, 5) is 14.2. The molecule has 1 unspecified atom stereocenters. The molecule has 1 fully saturated rings. The van der Waals surface area contributed by atoms with Crippen LogP contribution in [0.5, 0.6) is 0 Å². The normalized spacial score (nSPS) is 18.4. The van der Waals surface area contributed by atoms with Gasteiger partial charge in [-0.1, -0.05) is 30.3 Å². The van der Waals surface area contributed by atoms with E-state index < -0.39 is 0 Å². The number of likely N-dealkylation sites (tertiary alicyclic amines) is 1. The van der Waals surface area contributed by atoms with Crippen molar-refractivity contribution in [2.75, 3.05) is 26.2 Å². The van der Waals surface area contributed by atoms with Gasteiger partial charge in [0.1, 0.15) is 0 Å². The van der Waals surface area contributed by atoms with Crippen LogP contribution < -0.4 is 11.1 Å². The second kappa shape index (κ2) is 8.15. The van der Waals surface area contributed by atoms with Crippen LogP contribution in [0.15, 0.2) is 30.3 Å². The molecule has 1 heterocycles. The van der Waals surface area contributed by atoms with E-state index in [0.29, 0.717) is 19.0 Å². The highest BCUT2D eigenvalue weighted by molar-refractivity contribution is 5.78. The van der Waals surface area contributed by atoms with Gasteiger partial charge in [-0.15, -0.1) is 0 Å². The number of nitrogens with zero attached hydrogens (tertiary/aromatic N) is 1. The van der Waals surface area contributed by atoms with E-state index in [9.17, 15) is 4.79 Å². The molecule has 0 radical (unpaired) electrons. The van der Waals surface area contributed by atoms with Crippen LogP contribution in [0.1, 0.15) is 25.3 Å². The molecule has 1 saturated heterocycles. The van der Waals surface area contributed by atoms with E-state index in [1.165, 1.54) is 5.56 Å². The maximum atomic E-state index is 11.9. The van der Waals surface area contributed by atoms with Crippen molar-refractivity contribution in [2.24, 2.45) is 11.7 Å². The highest BCUT2D eigenvalue weighted by atomic mass is 16.2. The molecule has 0 spiro atoms. The number of nitrogens with two attached hydrogens (primary N) is 1. The molecule has 4 nitrogen and oxygen atoms in total. The Morgan fingerprint density at radius 1 is 1.33 bits per heavy atom. The van der Waals surface area contributed by atoms with Gasteiger partial charge in [-0.2, -0.15) is 0 Å². The van der Waals surface area contributed by atoms with Crippen LogP contribution in [0.2, 0.25) is 0 Å². The third-order valence-corrected chi connectivity index (χ3v) is 4.32. The molecule has 116 valence electrons. The number of carbonyl (C=O) groups is 1. The van der Waals surface area contributed by atoms with E-state index in [1.54, 1.807) is 0 Å². The van der Waals surface area contributed by atoms with Gasteiger partial charge < -0.3 is 11.1 Å². The molecule has 0 aromatic heterocycles. The predicted octanol–water partition coefficient (Wildman–Crippen LogP) is 1.40. The summed E-state index contributed by atoms with van der Waals surface area (Å²) in [5.74, 6) is 0.743. The fourth-order valence-corrected chi connectivity index (χ4v) is 2.89. The van der Waals surface area contributed by atoms with E-state index in [0.717, 1.165) is 32.4 Å². The lowest BCUT2D eigenvalue weighted by atomic mass is 9.91. The van der Waals surface area contributed by atoms with E-state index in [2.05, 4.69) is 29.3 Å². The molecule has 1 aliphatic rings. The Morgan fingerprint density at radius 3 is 2.62 bits per heavy atom. The second-order valence-electron chi connectivity index (χ2n) is 6.06. The summed E-state index contributed by atoms with van der Waals surface area (Å²) < 4.78 is 0. The van der Waals surface area contributed by atoms with Gasteiger partial charge in [-0.05, 0) is 50.8 Å². The Labute approximate surface area is 127 Å². The van der Waals surface area contributed by atoms with Crippen LogP contribution >= 0.6 is 0 Å². The molecule has 3 N–H and O–H groups in total. The molecule has 1 atom stereocenters. The first kappa shape index (κ1) is 16.0. The maximum absolute atomic E-state index is 11.9. The molecule has 1 amide bonds. The summed E-state index contributed by atoms with van der Waals surface area (Å²) >= 11 is 0. The van der Waals surface area contributed by atoms with Crippen molar-refractivity contribution in [1.82, 2.24) is 10.2 Å². The number of rotatable bonds is 6. The average molecular weight is 289 g/mol. The fraction of sp³-hybridized carbons (Fsp3) is 0.588. The Kier molecular flexibility index (Phi) is 6.21. The summed E-state index contributed by atoms with van der Waals surface area (Å²) in [6, 6.07) is 10.5. The van der Waals surface area contributed by atoms with Gasteiger partial charge in [0.15, 0.2) is 0 Å². The Bertz CT molecular complexity index is 425. The Balaban J connectivity index is 1.62. The molecule has 0 saturated carbocycles. The summed E-state index contributed by atoms with van der Waals surface area (Å²) in [6.07, 6.45) is 3.10. The van der Waals surface area contributed by atoms with Crippen molar-refractivity contribution < 1.29 is 4.79 Å². The maximum Gasteiger partial charge on any atom is 0.234 e. The van der Waals surface area contributed by atoms with Crippen molar-refractivity contribution in [1.29, 1.82) is 0 Å². The first-order chi connectivity index (χ1) is 10.1. The lowest BCUT2D eigenvalue weighted by molar-refractivity contribution is -0.122. The monoisotopic (exact) mass is 289 g/mol. The van der Waals surface area contributed by atoms with Crippen molar-refractivity contribution in [3.8, 4) is 0 Å². The van der Waals surface area contributed by atoms with Crippen LogP contribution in [0.3, 0.4) is 0 Å². The third kappa shape index (κ3) is 5.48. The number of hydrogen-bond acceptors (Lipinski definition) is 3. The largest absolute Gasteiger partial charge is 0.355 e. The zero-order valence-corrected chi connectivity index (χ0v) is 12.9. The molecular weight excluding hydrogens is 262 g/mol. The van der Waals surface area contributed by atoms with Crippen molar-refractivity contribution in [3.05, 3.63) is 35.9 Å². The summed E-state index contributed by atoms with van der Waals surface area (Å²) in [5.41, 5.74) is 7.20. The lowest BCUT2D eigenvalue weighted by Gasteiger charge is -2.33. The smallest absolute Gasteiger partial charge is 0.234 e. The van der Waals surface area contributed by atoms with E-state index in [4.69, 9.17) is 5.73 Å². The predicted molar refractivity (Wildman–Crippen MR) is 86.0 cm³/mol. The second-order valence-corrected chi connectivity index (χ2v) is 6.06. The molecule has 21 heavy (non-hydrogen) atoms. The molecule has 0 aliphatic carbocycles. The highest BCUT2D eigenvalue weighted by Gasteiger charge is 2.22. The van der Waals surface area contributed by atoms with Crippen LogP contribution in [-0.2, 0) is 11.2 Å². The van der Waals surface area contributed by atoms with Gasteiger partial charge in [-0.3, -0.25) is 9.69 Å². The van der Waals surface area contributed by atoms with Crippen LogP contribution in [-0.4, -0.2) is 43.0 Å².